The number of aromatic nitrogens is 3. The van der Waals surface area contributed by atoms with Gasteiger partial charge in [-0.2, -0.15) is 23.4 Å². The van der Waals surface area contributed by atoms with Gasteiger partial charge in [0.1, 0.15) is 5.82 Å². The summed E-state index contributed by atoms with van der Waals surface area (Å²) in [5.41, 5.74) is 1.32. The predicted octanol–water partition coefficient (Wildman–Crippen LogP) is 2.98. The maximum absolute atomic E-state index is 12.6. The first kappa shape index (κ1) is 20.3. The molecule has 4 rings (SSSR count). The average Bonchev–Trinajstić information content (AvgIpc) is 3.30. The molecular formula is C20H15F3N6O2. The van der Waals surface area contributed by atoms with Gasteiger partial charge in [0, 0.05) is 43.5 Å². The lowest BCUT2D eigenvalue weighted by Crippen LogP contribution is -2.49. The van der Waals surface area contributed by atoms with Gasteiger partial charge in [-0.25, -0.2) is 4.98 Å². The maximum atomic E-state index is 12.6. The van der Waals surface area contributed by atoms with Crippen LogP contribution in [0.15, 0.2) is 47.1 Å². The van der Waals surface area contributed by atoms with Crippen molar-refractivity contribution in [1.29, 1.82) is 5.26 Å². The van der Waals surface area contributed by atoms with Crippen LogP contribution in [0.5, 0.6) is 0 Å². The number of hydrogen-bond acceptors (Lipinski definition) is 7. The zero-order valence-electron chi connectivity index (χ0n) is 16.0. The van der Waals surface area contributed by atoms with Gasteiger partial charge in [-0.15, -0.1) is 0 Å². The molecule has 0 spiro atoms. The topological polar surface area (TPSA) is 99.2 Å². The number of carbonyl (C=O) groups excluding carboxylic acids is 1. The van der Waals surface area contributed by atoms with E-state index in [1.54, 1.807) is 41.3 Å². The first-order chi connectivity index (χ1) is 14.8. The number of hydrogen-bond donors (Lipinski definition) is 0. The van der Waals surface area contributed by atoms with Crippen molar-refractivity contribution in [1.82, 2.24) is 20.0 Å². The van der Waals surface area contributed by atoms with E-state index in [9.17, 15) is 18.0 Å². The molecule has 0 atom stereocenters. The molecule has 8 nitrogen and oxygen atoms in total. The second kappa shape index (κ2) is 8.06. The molecule has 3 aromatic rings. The molecule has 0 aliphatic carbocycles. The summed E-state index contributed by atoms with van der Waals surface area (Å²) in [5, 5.41) is 12.2. The largest absolute Gasteiger partial charge is 0.471 e. The van der Waals surface area contributed by atoms with E-state index in [1.807, 2.05) is 11.0 Å². The van der Waals surface area contributed by atoms with Crippen molar-refractivity contribution in [2.75, 3.05) is 31.1 Å². The number of nitriles is 1. The molecule has 1 saturated heterocycles. The van der Waals surface area contributed by atoms with Gasteiger partial charge >= 0.3 is 12.1 Å². The summed E-state index contributed by atoms with van der Waals surface area (Å²) < 4.78 is 42.0. The van der Waals surface area contributed by atoms with Crippen LogP contribution in [0, 0.1) is 11.3 Å². The average molecular weight is 428 g/mol. The van der Waals surface area contributed by atoms with E-state index >= 15 is 0 Å². The van der Waals surface area contributed by atoms with Crippen LogP contribution >= 0.6 is 0 Å². The van der Waals surface area contributed by atoms with E-state index in [1.165, 1.54) is 6.20 Å². The predicted molar refractivity (Wildman–Crippen MR) is 102 cm³/mol. The molecule has 0 saturated carbocycles. The number of nitrogens with zero attached hydrogens (tertiary/aromatic N) is 6. The van der Waals surface area contributed by atoms with Gasteiger partial charge in [-0.3, -0.25) is 4.79 Å². The van der Waals surface area contributed by atoms with Gasteiger partial charge < -0.3 is 14.3 Å². The lowest BCUT2D eigenvalue weighted by Gasteiger charge is -2.35. The van der Waals surface area contributed by atoms with Gasteiger partial charge in [0.25, 0.3) is 5.91 Å². The SMILES string of the molecule is N#Cc1ccc(C(=O)N2CCN(c3ccc(-c4noc(C(F)(F)F)n4)cn3)CC2)cc1. The monoisotopic (exact) mass is 428 g/mol. The van der Waals surface area contributed by atoms with E-state index in [0.29, 0.717) is 48.7 Å². The third-order valence-corrected chi connectivity index (χ3v) is 4.83. The highest BCUT2D eigenvalue weighted by atomic mass is 19.4. The normalized spacial score (nSPS) is 14.4. The Bertz CT molecular complexity index is 1110. The highest BCUT2D eigenvalue weighted by Gasteiger charge is 2.38. The summed E-state index contributed by atoms with van der Waals surface area (Å²) in [6.07, 6.45) is -3.32. The molecule has 31 heavy (non-hydrogen) atoms. The number of anilines is 1. The lowest BCUT2D eigenvalue weighted by molar-refractivity contribution is -0.159. The fourth-order valence-corrected chi connectivity index (χ4v) is 3.17. The van der Waals surface area contributed by atoms with Crippen molar-refractivity contribution in [3.63, 3.8) is 0 Å². The second-order valence-corrected chi connectivity index (χ2v) is 6.79. The number of piperazine rings is 1. The first-order valence-corrected chi connectivity index (χ1v) is 9.27. The van der Waals surface area contributed by atoms with Gasteiger partial charge in [-0.05, 0) is 36.4 Å². The number of pyridine rings is 1. The smallest absolute Gasteiger partial charge is 0.353 e. The van der Waals surface area contributed by atoms with Crippen LogP contribution < -0.4 is 4.90 Å². The Labute approximate surface area is 174 Å². The summed E-state index contributed by atoms with van der Waals surface area (Å²) in [4.78, 5) is 24.0. The molecule has 1 aliphatic heterocycles. The first-order valence-electron chi connectivity index (χ1n) is 9.27. The third kappa shape index (κ3) is 4.32. The molecule has 0 radical (unpaired) electrons. The summed E-state index contributed by atoms with van der Waals surface area (Å²) >= 11 is 0. The van der Waals surface area contributed by atoms with Gasteiger partial charge in [0.2, 0.25) is 5.82 Å². The third-order valence-electron chi connectivity index (χ3n) is 4.83. The molecule has 1 amide bonds. The van der Waals surface area contributed by atoms with Crippen molar-refractivity contribution >= 4 is 11.7 Å². The highest BCUT2D eigenvalue weighted by molar-refractivity contribution is 5.94. The minimum absolute atomic E-state index is 0.106. The Kier molecular flexibility index (Phi) is 5.29. The standard InChI is InChI=1S/C20H15F3N6O2/c21-20(22,23)19-26-17(27-31-19)15-5-6-16(25-12-15)28-7-9-29(10-8-28)18(30)14-3-1-13(11-24)2-4-14/h1-6,12H,7-10H2. The molecule has 1 fully saturated rings. The van der Waals surface area contributed by atoms with Crippen LogP contribution in [0.25, 0.3) is 11.4 Å². The van der Waals surface area contributed by atoms with E-state index in [4.69, 9.17) is 5.26 Å². The number of alkyl halides is 3. The quantitative estimate of drug-likeness (QED) is 0.632. The van der Waals surface area contributed by atoms with E-state index in [-0.39, 0.29) is 11.7 Å². The fraction of sp³-hybridized carbons (Fsp3) is 0.250. The number of amides is 1. The van der Waals surface area contributed by atoms with Crippen molar-refractivity contribution in [2.24, 2.45) is 0 Å². The molecule has 0 bridgehead atoms. The van der Waals surface area contributed by atoms with E-state index in [2.05, 4.69) is 19.6 Å². The van der Waals surface area contributed by atoms with Gasteiger partial charge in [0.15, 0.2) is 0 Å². The van der Waals surface area contributed by atoms with Crippen LogP contribution in [0.3, 0.4) is 0 Å². The summed E-state index contributed by atoms with van der Waals surface area (Å²) in [6.45, 7) is 2.08. The Morgan fingerprint density at radius 1 is 1.06 bits per heavy atom. The van der Waals surface area contributed by atoms with Crippen LogP contribution in [-0.2, 0) is 6.18 Å². The molecule has 1 aromatic carbocycles. The number of benzene rings is 1. The molecule has 2 aromatic heterocycles. The minimum Gasteiger partial charge on any atom is -0.353 e. The molecule has 1 aliphatic rings. The lowest BCUT2D eigenvalue weighted by atomic mass is 10.1. The Hall–Kier alpha value is -3.94. The van der Waals surface area contributed by atoms with Crippen molar-refractivity contribution < 1.29 is 22.5 Å². The minimum atomic E-state index is -4.70. The Morgan fingerprint density at radius 2 is 1.77 bits per heavy atom. The Balaban J connectivity index is 1.38. The Morgan fingerprint density at radius 3 is 2.32 bits per heavy atom. The van der Waals surface area contributed by atoms with Crippen LogP contribution in [-0.4, -0.2) is 52.1 Å². The number of halogens is 3. The zero-order valence-corrected chi connectivity index (χ0v) is 16.0. The number of carbonyl (C=O) groups is 1. The van der Waals surface area contributed by atoms with Gasteiger partial charge in [-0.1, -0.05) is 5.16 Å². The molecular weight excluding hydrogens is 413 g/mol. The van der Waals surface area contributed by atoms with Crippen LogP contribution in [0.4, 0.5) is 19.0 Å². The second-order valence-electron chi connectivity index (χ2n) is 6.79. The van der Waals surface area contributed by atoms with Crippen molar-refractivity contribution in [3.8, 4) is 17.5 Å². The summed E-state index contributed by atoms with van der Waals surface area (Å²) in [6, 6.07) is 11.7. The zero-order chi connectivity index (χ0) is 22.0. The molecule has 3 heterocycles. The molecule has 158 valence electrons. The maximum Gasteiger partial charge on any atom is 0.471 e. The van der Waals surface area contributed by atoms with Crippen molar-refractivity contribution in [2.45, 2.75) is 6.18 Å². The van der Waals surface area contributed by atoms with Crippen LogP contribution in [0.1, 0.15) is 21.8 Å². The fourth-order valence-electron chi connectivity index (χ4n) is 3.17. The van der Waals surface area contributed by atoms with Crippen molar-refractivity contribution in [3.05, 3.63) is 59.6 Å². The summed E-state index contributed by atoms with van der Waals surface area (Å²) in [7, 11) is 0. The molecule has 11 heteroatoms. The van der Waals surface area contributed by atoms with E-state index < -0.39 is 12.1 Å². The number of rotatable bonds is 3. The van der Waals surface area contributed by atoms with Gasteiger partial charge in [0.05, 0.1) is 11.6 Å². The van der Waals surface area contributed by atoms with Crippen LogP contribution in [0.2, 0.25) is 0 Å². The highest BCUT2D eigenvalue weighted by Crippen LogP contribution is 2.29. The summed E-state index contributed by atoms with van der Waals surface area (Å²) in [5.74, 6) is -1.07. The van der Waals surface area contributed by atoms with E-state index in [0.717, 1.165) is 0 Å². The molecule has 0 unspecified atom stereocenters. The molecule has 0 N–H and O–H groups in total.